The maximum absolute atomic E-state index is 12.1. The van der Waals surface area contributed by atoms with E-state index < -0.39 is 6.04 Å². The van der Waals surface area contributed by atoms with Crippen molar-refractivity contribution in [3.8, 4) is 0 Å². The highest BCUT2D eigenvalue weighted by atomic mass is 35.5. The molecule has 0 saturated heterocycles. The number of primary amides is 1. The second-order valence-corrected chi connectivity index (χ2v) is 5.35. The first-order valence-electron chi connectivity index (χ1n) is 6.98. The zero-order valence-electron chi connectivity index (χ0n) is 11.8. The van der Waals surface area contributed by atoms with E-state index in [1.165, 1.54) is 0 Å². The maximum atomic E-state index is 12.1. The summed E-state index contributed by atoms with van der Waals surface area (Å²) in [6.45, 7) is 0. The third-order valence-electron chi connectivity index (χ3n) is 3.92. The van der Waals surface area contributed by atoms with Crippen LogP contribution in [0.3, 0.4) is 0 Å². The molecular formula is C15H22ClN3O2. The van der Waals surface area contributed by atoms with Gasteiger partial charge in [-0.05, 0) is 31.2 Å². The van der Waals surface area contributed by atoms with Crippen molar-refractivity contribution in [3.63, 3.8) is 0 Å². The summed E-state index contributed by atoms with van der Waals surface area (Å²) in [5, 5.41) is 2.96. The fourth-order valence-electron chi connectivity index (χ4n) is 2.62. The average Bonchev–Trinajstić information content (AvgIpc) is 2.48. The van der Waals surface area contributed by atoms with Gasteiger partial charge in [-0.25, -0.2) is 0 Å². The lowest BCUT2D eigenvalue weighted by Crippen LogP contribution is -2.43. The molecule has 1 aliphatic carbocycles. The van der Waals surface area contributed by atoms with E-state index in [4.69, 9.17) is 11.5 Å². The lowest BCUT2D eigenvalue weighted by Gasteiger charge is -2.28. The Hall–Kier alpha value is -1.59. The van der Waals surface area contributed by atoms with Crippen molar-refractivity contribution in [2.45, 2.75) is 37.8 Å². The summed E-state index contributed by atoms with van der Waals surface area (Å²) in [5.74, 6) is -0.458. The molecule has 2 rings (SSSR count). The van der Waals surface area contributed by atoms with Gasteiger partial charge in [-0.1, -0.05) is 30.3 Å². The van der Waals surface area contributed by atoms with E-state index >= 15 is 0 Å². The fraction of sp³-hybridized carbons (Fsp3) is 0.467. The van der Waals surface area contributed by atoms with Crippen LogP contribution in [0.15, 0.2) is 30.3 Å². The number of nitrogens with two attached hydrogens (primary N) is 2. The van der Waals surface area contributed by atoms with Crippen molar-refractivity contribution < 1.29 is 9.59 Å². The molecule has 6 heteroatoms. The molecule has 5 N–H and O–H groups in total. The summed E-state index contributed by atoms with van der Waals surface area (Å²) in [4.78, 5) is 23.2. The molecule has 1 unspecified atom stereocenters. The van der Waals surface area contributed by atoms with Gasteiger partial charge in [0.1, 0.15) is 6.04 Å². The summed E-state index contributed by atoms with van der Waals surface area (Å²) in [6.07, 6.45) is 3.03. The third kappa shape index (κ3) is 4.72. The van der Waals surface area contributed by atoms with E-state index in [2.05, 4.69) is 5.32 Å². The molecular weight excluding hydrogens is 290 g/mol. The van der Waals surface area contributed by atoms with Gasteiger partial charge in [-0.2, -0.15) is 0 Å². The number of amides is 2. The highest BCUT2D eigenvalue weighted by Gasteiger charge is 2.27. The molecule has 0 aromatic heterocycles. The van der Waals surface area contributed by atoms with Crippen LogP contribution in [0.5, 0.6) is 0 Å². The molecule has 0 radical (unpaired) electrons. The first-order chi connectivity index (χ1) is 9.58. The van der Waals surface area contributed by atoms with Gasteiger partial charge in [0.15, 0.2) is 0 Å². The van der Waals surface area contributed by atoms with Crippen molar-refractivity contribution in [2.75, 3.05) is 0 Å². The largest absolute Gasteiger partial charge is 0.369 e. The fourth-order valence-corrected chi connectivity index (χ4v) is 2.62. The Morgan fingerprint density at radius 3 is 2.19 bits per heavy atom. The molecule has 1 atom stereocenters. The van der Waals surface area contributed by atoms with E-state index in [9.17, 15) is 9.59 Å². The molecule has 21 heavy (non-hydrogen) atoms. The average molecular weight is 312 g/mol. The van der Waals surface area contributed by atoms with Crippen molar-refractivity contribution >= 4 is 24.2 Å². The smallest absolute Gasteiger partial charge is 0.241 e. The molecule has 0 aliphatic heterocycles. The minimum absolute atomic E-state index is 0. The minimum atomic E-state index is -0.648. The normalized spacial score (nSPS) is 22.7. The predicted octanol–water partition coefficient (Wildman–Crippen LogP) is 1.27. The maximum Gasteiger partial charge on any atom is 0.241 e. The molecule has 0 bridgehead atoms. The second kappa shape index (κ2) is 8.00. The van der Waals surface area contributed by atoms with Crippen LogP contribution in [-0.4, -0.2) is 17.9 Å². The minimum Gasteiger partial charge on any atom is -0.369 e. The van der Waals surface area contributed by atoms with Crippen LogP contribution >= 0.6 is 12.4 Å². The Kier molecular flexibility index (Phi) is 6.65. The van der Waals surface area contributed by atoms with E-state index in [0.29, 0.717) is 0 Å². The molecule has 0 spiro atoms. The Labute approximate surface area is 130 Å². The van der Waals surface area contributed by atoms with E-state index in [-0.39, 0.29) is 36.2 Å². The predicted molar refractivity (Wildman–Crippen MR) is 83.7 cm³/mol. The zero-order chi connectivity index (χ0) is 14.5. The molecule has 1 aromatic rings. The van der Waals surface area contributed by atoms with Gasteiger partial charge < -0.3 is 16.8 Å². The zero-order valence-corrected chi connectivity index (χ0v) is 12.6. The van der Waals surface area contributed by atoms with E-state index in [1.54, 1.807) is 0 Å². The van der Waals surface area contributed by atoms with Crippen LogP contribution in [0.1, 0.15) is 37.3 Å². The third-order valence-corrected chi connectivity index (χ3v) is 3.92. The monoisotopic (exact) mass is 311 g/mol. The summed E-state index contributed by atoms with van der Waals surface area (Å²) in [6, 6.07) is 8.74. The van der Waals surface area contributed by atoms with Crippen LogP contribution in [0.2, 0.25) is 0 Å². The Balaban J connectivity index is 0.00000220. The molecule has 1 aromatic carbocycles. The lowest BCUT2D eigenvalue weighted by atomic mass is 9.85. The van der Waals surface area contributed by atoms with Gasteiger partial charge in [0.25, 0.3) is 0 Å². The number of halogens is 1. The molecule has 0 heterocycles. The molecule has 116 valence electrons. The van der Waals surface area contributed by atoms with Gasteiger partial charge in [0.2, 0.25) is 11.8 Å². The number of carbonyl (C=O) groups is 2. The molecule has 2 amide bonds. The van der Waals surface area contributed by atoms with Crippen LogP contribution in [0, 0.1) is 5.92 Å². The Bertz CT molecular complexity index is 473. The van der Waals surface area contributed by atoms with Crippen molar-refractivity contribution in [2.24, 2.45) is 17.4 Å². The van der Waals surface area contributed by atoms with E-state index in [1.807, 2.05) is 30.3 Å². The first-order valence-corrected chi connectivity index (χ1v) is 6.98. The molecule has 1 aliphatic rings. The van der Waals surface area contributed by atoms with Gasteiger partial charge in [-0.3, -0.25) is 9.59 Å². The molecule has 1 saturated carbocycles. The number of carbonyl (C=O) groups excluding carboxylic acids is 2. The standard InChI is InChI=1S/C15H21N3O2.ClH/c16-13(10-4-2-1-3-5-10)15(20)18-12-8-6-11(7-9-12)14(17)19;/h1-5,11-13H,6-9,16H2,(H2,17,19)(H,18,20);1H. The SMILES string of the molecule is Cl.NC(=O)C1CCC(NC(=O)C(N)c2ccccc2)CC1. The Morgan fingerprint density at radius 2 is 1.67 bits per heavy atom. The summed E-state index contributed by atoms with van der Waals surface area (Å²) >= 11 is 0. The lowest BCUT2D eigenvalue weighted by molar-refractivity contribution is -0.124. The van der Waals surface area contributed by atoms with Crippen molar-refractivity contribution in [3.05, 3.63) is 35.9 Å². The highest BCUT2D eigenvalue weighted by Crippen LogP contribution is 2.24. The number of rotatable bonds is 4. The quantitative estimate of drug-likeness (QED) is 0.781. The molecule has 5 nitrogen and oxygen atoms in total. The summed E-state index contributed by atoms with van der Waals surface area (Å²) in [7, 11) is 0. The number of hydrogen-bond donors (Lipinski definition) is 3. The number of hydrogen-bond acceptors (Lipinski definition) is 3. The van der Waals surface area contributed by atoms with Crippen LogP contribution < -0.4 is 16.8 Å². The Morgan fingerprint density at radius 1 is 1.10 bits per heavy atom. The van der Waals surface area contributed by atoms with Gasteiger partial charge in [0, 0.05) is 12.0 Å². The highest BCUT2D eigenvalue weighted by molar-refractivity contribution is 5.85. The van der Waals surface area contributed by atoms with Gasteiger partial charge in [0.05, 0.1) is 0 Å². The van der Waals surface area contributed by atoms with E-state index in [0.717, 1.165) is 31.2 Å². The number of nitrogens with one attached hydrogen (secondary N) is 1. The summed E-state index contributed by atoms with van der Waals surface area (Å²) in [5.41, 5.74) is 12.0. The van der Waals surface area contributed by atoms with Crippen molar-refractivity contribution in [1.29, 1.82) is 0 Å². The topological polar surface area (TPSA) is 98.2 Å². The van der Waals surface area contributed by atoms with Gasteiger partial charge >= 0.3 is 0 Å². The number of benzene rings is 1. The summed E-state index contributed by atoms with van der Waals surface area (Å²) < 4.78 is 0. The first kappa shape index (κ1) is 17.5. The molecule has 1 fully saturated rings. The van der Waals surface area contributed by atoms with Crippen LogP contribution in [0.4, 0.5) is 0 Å². The van der Waals surface area contributed by atoms with Crippen LogP contribution in [-0.2, 0) is 9.59 Å². The van der Waals surface area contributed by atoms with Crippen LogP contribution in [0.25, 0.3) is 0 Å². The second-order valence-electron chi connectivity index (χ2n) is 5.35. The van der Waals surface area contributed by atoms with Gasteiger partial charge in [-0.15, -0.1) is 12.4 Å². The van der Waals surface area contributed by atoms with Crippen molar-refractivity contribution in [1.82, 2.24) is 5.32 Å².